The van der Waals surface area contributed by atoms with E-state index < -0.39 is 0 Å². The van der Waals surface area contributed by atoms with Gasteiger partial charge in [0.05, 0.1) is 12.2 Å². The van der Waals surface area contributed by atoms with E-state index in [1.54, 1.807) is 0 Å². The van der Waals surface area contributed by atoms with Crippen LogP contribution in [-0.2, 0) is 4.74 Å². The van der Waals surface area contributed by atoms with Gasteiger partial charge in [0.25, 0.3) is 0 Å². The van der Waals surface area contributed by atoms with Crippen molar-refractivity contribution >= 4 is 0 Å². The van der Waals surface area contributed by atoms with Gasteiger partial charge in [0.1, 0.15) is 0 Å². The molecule has 1 saturated carbocycles. The summed E-state index contributed by atoms with van der Waals surface area (Å²) < 4.78 is 5.75. The number of ether oxygens (including phenoxy) is 1. The number of rotatable bonds is 3. The summed E-state index contributed by atoms with van der Waals surface area (Å²) in [7, 11) is 0. The smallest absolute Gasteiger partial charge is 0.0704 e. The molecular weight excluding hydrogens is 162 g/mol. The topological polar surface area (TPSA) is 21.3 Å². The zero-order valence-electron chi connectivity index (χ0n) is 8.97. The summed E-state index contributed by atoms with van der Waals surface area (Å²) >= 11 is 0. The van der Waals surface area contributed by atoms with Crippen molar-refractivity contribution in [3.05, 3.63) is 0 Å². The molecule has 1 aliphatic carbocycles. The molecule has 2 nitrogen and oxygen atoms in total. The van der Waals surface area contributed by atoms with Crippen LogP contribution in [0.15, 0.2) is 0 Å². The van der Waals surface area contributed by atoms with Crippen molar-refractivity contribution in [3.63, 3.8) is 0 Å². The van der Waals surface area contributed by atoms with Crippen LogP contribution in [0.2, 0.25) is 0 Å². The molecule has 1 saturated heterocycles. The molecule has 3 unspecified atom stereocenters. The van der Waals surface area contributed by atoms with Crippen molar-refractivity contribution in [2.45, 2.75) is 58.3 Å². The van der Waals surface area contributed by atoms with Crippen LogP contribution < -0.4 is 5.32 Å². The molecule has 0 aromatic carbocycles. The number of nitrogens with one attached hydrogen (secondary N) is 1. The highest BCUT2D eigenvalue weighted by Gasteiger charge is 2.45. The van der Waals surface area contributed by atoms with E-state index in [-0.39, 0.29) is 0 Å². The second-order valence-electron chi connectivity index (χ2n) is 5.30. The van der Waals surface area contributed by atoms with Gasteiger partial charge in [-0.3, -0.25) is 0 Å². The zero-order valence-corrected chi connectivity index (χ0v) is 8.97. The Bertz CT molecular complexity index is 191. The lowest BCUT2D eigenvalue weighted by Gasteiger charge is -2.12. The molecule has 0 aromatic rings. The average Bonchev–Trinajstić information content (AvgIpc) is 2.45. The summed E-state index contributed by atoms with van der Waals surface area (Å²) in [6, 6.07) is 0.743. The molecule has 76 valence electrons. The van der Waals surface area contributed by atoms with Gasteiger partial charge in [-0.25, -0.2) is 0 Å². The minimum absolute atomic E-state index is 0.478. The number of hydrogen-bond acceptors (Lipinski definition) is 2. The molecule has 1 aliphatic heterocycles. The third kappa shape index (κ3) is 2.23. The van der Waals surface area contributed by atoms with E-state index in [9.17, 15) is 0 Å². The van der Waals surface area contributed by atoms with Gasteiger partial charge >= 0.3 is 0 Å². The van der Waals surface area contributed by atoms with Gasteiger partial charge in [0.15, 0.2) is 0 Å². The highest BCUT2D eigenvalue weighted by Crippen LogP contribution is 2.44. The van der Waals surface area contributed by atoms with Crippen LogP contribution in [0.25, 0.3) is 0 Å². The van der Waals surface area contributed by atoms with Crippen LogP contribution in [0, 0.1) is 5.41 Å². The maximum Gasteiger partial charge on any atom is 0.0704 e. The summed E-state index contributed by atoms with van der Waals surface area (Å²) in [6.45, 7) is 7.87. The fraction of sp³-hybridized carbons (Fsp3) is 1.00. The first kappa shape index (κ1) is 9.47. The standard InChI is InChI=1S/C11H21NO/c1-8-4-5-9(13-8)7-12-10-6-11(10,2)3/h8-10,12H,4-7H2,1-3H3. The molecule has 0 bridgehead atoms. The van der Waals surface area contributed by atoms with Gasteiger partial charge in [-0.1, -0.05) is 13.8 Å². The molecule has 0 spiro atoms. The molecule has 2 aliphatic rings. The van der Waals surface area contributed by atoms with E-state index >= 15 is 0 Å². The third-order valence-corrected chi connectivity index (χ3v) is 3.43. The summed E-state index contributed by atoms with van der Waals surface area (Å²) in [5, 5.41) is 3.58. The van der Waals surface area contributed by atoms with E-state index in [0.29, 0.717) is 17.6 Å². The fourth-order valence-electron chi connectivity index (χ4n) is 2.12. The Hall–Kier alpha value is -0.0800. The first-order chi connectivity index (χ1) is 6.08. The zero-order chi connectivity index (χ0) is 9.47. The van der Waals surface area contributed by atoms with Gasteiger partial charge in [0, 0.05) is 12.6 Å². The average molecular weight is 183 g/mol. The van der Waals surface area contributed by atoms with Gasteiger partial charge in [-0.2, -0.15) is 0 Å². The normalized spacial score (nSPS) is 42.2. The molecule has 0 aromatic heterocycles. The summed E-state index contributed by atoms with van der Waals surface area (Å²) in [6.07, 6.45) is 4.77. The highest BCUT2D eigenvalue weighted by atomic mass is 16.5. The van der Waals surface area contributed by atoms with Crippen LogP contribution >= 0.6 is 0 Å². The minimum Gasteiger partial charge on any atom is -0.374 e. The van der Waals surface area contributed by atoms with Gasteiger partial charge in [-0.15, -0.1) is 0 Å². The largest absolute Gasteiger partial charge is 0.374 e. The van der Waals surface area contributed by atoms with Crippen LogP contribution in [0.5, 0.6) is 0 Å². The number of hydrogen-bond donors (Lipinski definition) is 1. The van der Waals surface area contributed by atoms with Crippen molar-refractivity contribution in [3.8, 4) is 0 Å². The summed E-state index contributed by atoms with van der Waals surface area (Å²) in [4.78, 5) is 0. The van der Waals surface area contributed by atoms with E-state index in [1.165, 1.54) is 19.3 Å². The SMILES string of the molecule is CC1CCC(CNC2CC2(C)C)O1. The van der Waals surface area contributed by atoms with Gasteiger partial charge < -0.3 is 10.1 Å². The lowest BCUT2D eigenvalue weighted by molar-refractivity contribution is 0.0554. The minimum atomic E-state index is 0.478. The van der Waals surface area contributed by atoms with Crippen LogP contribution in [0.3, 0.4) is 0 Å². The van der Waals surface area contributed by atoms with Crippen LogP contribution in [0.1, 0.15) is 40.0 Å². The first-order valence-corrected chi connectivity index (χ1v) is 5.47. The second kappa shape index (κ2) is 3.25. The Morgan fingerprint density at radius 3 is 2.54 bits per heavy atom. The fourth-order valence-corrected chi connectivity index (χ4v) is 2.12. The van der Waals surface area contributed by atoms with Crippen molar-refractivity contribution in [2.24, 2.45) is 5.41 Å². The molecule has 13 heavy (non-hydrogen) atoms. The van der Waals surface area contributed by atoms with E-state index in [0.717, 1.165) is 12.6 Å². The first-order valence-electron chi connectivity index (χ1n) is 5.47. The predicted octanol–water partition coefficient (Wildman–Crippen LogP) is 1.94. The molecule has 0 radical (unpaired) electrons. The Morgan fingerprint density at radius 1 is 1.38 bits per heavy atom. The van der Waals surface area contributed by atoms with E-state index in [2.05, 4.69) is 26.1 Å². The van der Waals surface area contributed by atoms with Crippen LogP contribution in [0.4, 0.5) is 0 Å². The Labute approximate surface area is 81.0 Å². The Balaban J connectivity index is 1.64. The monoisotopic (exact) mass is 183 g/mol. The molecule has 3 atom stereocenters. The maximum absolute atomic E-state index is 5.75. The van der Waals surface area contributed by atoms with Crippen LogP contribution in [-0.4, -0.2) is 24.8 Å². The molecule has 2 rings (SSSR count). The second-order valence-corrected chi connectivity index (χ2v) is 5.30. The maximum atomic E-state index is 5.75. The summed E-state index contributed by atoms with van der Waals surface area (Å²) in [5.41, 5.74) is 0.546. The molecule has 0 amide bonds. The lowest BCUT2D eigenvalue weighted by atomic mass is 10.2. The van der Waals surface area contributed by atoms with Crippen molar-refractivity contribution in [1.82, 2.24) is 5.32 Å². The van der Waals surface area contributed by atoms with E-state index in [1.807, 2.05) is 0 Å². The van der Waals surface area contributed by atoms with Gasteiger partial charge in [0.2, 0.25) is 0 Å². The Kier molecular flexibility index (Phi) is 2.37. The lowest BCUT2D eigenvalue weighted by Crippen LogP contribution is -2.30. The molecular formula is C11H21NO. The highest BCUT2D eigenvalue weighted by molar-refractivity contribution is 5.01. The molecule has 1 heterocycles. The van der Waals surface area contributed by atoms with E-state index in [4.69, 9.17) is 4.74 Å². The van der Waals surface area contributed by atoms with Crippen molar-refractivity contribution < 1.29 is 4.74 Å². The molecule has 2 heteroatoms. The summed E-state index contributed by atoms with van der Waals surface area (Å²) in [5.74, 6) is 0. The molecule has 1 N–H and O–H groups in total. The predicted molar refractivity (Wildman–Crippen MR) is 53.8 cm³/mol. The quantitative estimate of drug-likeness (QED) is 0.722. The Morgan fingerprint density at radius 2 is 2.08 bits per heavy atom. The third-order valence-electron chi connectivity index (χ3n) is 3.43. The molecule has 2 fully saturated rings. The van der Waals surface area contributed by atoms with Crippen molar-refractivity contribution in [1.29, 1.82) is 0 Å². The van der Waals surface area contributed by atoms with Gasteiger partial charge in [-0.05, 0) is 31.6 Å². The van der Waals surface area contributed by atoms with Crippen molar-refractivity contribution in [2.75, 3.05) is 6.54 Å².